The van der Waals surface area contributed by atoms with Crippen LogP contribution in [0.4, 0.5) is 0 Å². The molecule has 0 amide bonds. The van der Waals surface area contributed by atoms with Crippen molar-refractivity contribution < 1.29 is 4.79 Å². The first-order chi connectivity index (χ1) is 10.2. The van der Waals surface area contributed by atoms with E-state index >= 15 is 0 Å². The van der Waals surface area contributed by atoms with Crippen molar-refractivity contribution in [3.05, 3.63) is 71.9 Å². The van der Waals surface area contributed by atoms with Gasteiger partial charge in [0.05, 0.1) is 5.52 Å². The van der Waals surface area contributed by atoms with Crippen LogP contribution >= 0.6 is 15.9 Å². The summed E-state index contributed by atoms with van der Waals surface area (Å²) in [5, 5.41) is 0.981. The molecule has 2 nitrogen and oxygen atoms in total. The molecule has 0 fully saturated rings. The summed E-state index contributed by atoms with van der Waals surface area (Å²) in [7, 11) is 0. The third kappa shape index (κ3) is 2.69. The van der Waals surface area contributed by atoms with Crippen LogP contribution in [0.2, 0.25) is 0 Å². The van der Waals surface area contributed by atoms with Gasteiger partial charge in [0.1, 0.15) is 0 Å². The van der Waals surface area contributed by atoms with Gasteiger partial charge in [0.15, 0.2) is 5.78 Å². The van der Waals surface area contributed by atoms with Gasteiger partial charge in [-0.25, -0.2) is 0 Å². The molecule has 0 N–H and O–H groups in total. The molecule has 3 heteroatoms. The van der Waals surface area contributed by atoms with Crippen molar-refractivity contribution in [3.8, 4) is 0 Å². The number of fused-ring (bicyclic) bond motifs is 1. The lowest BCUT2D eigenvalue weighted by molar-refractivity contribution is 0.101. The highest BCUT2D eigenvalue weighted by Crippen LogP contribution is 2.26. The van der Waals surface area contributed by atoms with Gasteiger partial charge in [0, 0.05) is 27.8 Å². The average Bonchev–Trinajstić information content (AvgIpc) is 2.87. The van der Waals surface area contributed by atoms with Crippen LogP contribution in [0.15, 0.2) is 60.8 Å². The highest BCUT2D eigenvalue weighted by molar-refractivity contribution is 9.15. The third-order valence-electron chi connectivity index (χ3n) is 3.42. The van der Waals surface area contributed by atoms with E-state index in [0.717, 1.165) is 26.5 Å². The summed E-state index contributed by atoms with van der Waals surface area (Å²) >= 11 is 3.61. The van der Waals surface area contributed by atoms with Gasteiger partial charge in [0.25, 0.3) is 0 Å². The van der Waals surface area contributed by atoms with Gasteiger partial charge >= 0.3 is 0 Å². The highest BCUT2D eigenvalue weighted by atomic mass is 79.9. The number of ketones is 1. The van der Waals surface area contributed by atoms with E-state index in [0.29, 0.717) is 0 Å². The van der Waals surface area contributed by atoms with Gasteiger partial charge in [-0.05, 0) is 34.5 Å². The van der Waals surface area contributed by atoms with Crippen LogP contribution in [0.25, 0.3) is 21.6 Å². The van der Waals surface area contributed by atoms with Gasteiger partial charge in [-0.15, -0.1) is 0 Å². The van der Waals surface area contributed by atoms with E-state index in [1.807, 2.05) is 71.6 Å². The molecule has 0 spiro atoms. The summed E-state index contributed by atoms with van der Waals surface area (Å²) in [4.78, 5) is 11.8. The van der Waals surface area contributed by atoms with E-state index < -0.39 is 0 Å². The molecule has 2 aromatic carbocycles. The second kappa shape index (κ2) is 5.70. The van der Waals surface area contributed by atoms with Gasteiger partial charge in [0.2, 0.25) is 0 Å². The average molecular weight is 340 g/mol. The lowest BCUT2D eigenvalue weighted by Gasteiger charge is -2.02. The van der Waals surface area contributed by atoms with E-state index in [4.69, 9.17) is 0 Å². The third-order valence-corrected chi connectivity index (χ3v) is 4.08. The Bertz CT molecular complexity index is 831. The largest absolute Gasteiger partial charge is 0.321 e. The van der Waals surface area contributed by atoms with Gasteiger partial charge in [-0.3, -0.25) is 4.79 Å². The standard InChI is InChI=1S/C18H14BrNO/c1-13(21)16-11-20(18-10-6-5-9-15(16)18)12-17(19)14-7-3-2-4-8-14/h2-12H,1H3/b17-12+. The number of hydrogen-bond donors (Lipinski definition) is 0. The van der Waals surface area contributed by atoms with Crippen molar-refractivity contribution in [1.82, 2.24) is 4.57 Å². The second-order valence-corrected chi connectivity index (χ2v) is 5.72. The van der Waals surface area contributed by atoms with Crippen molar-refractivity contribution >= 4 is 43.3 Å². The molecule has 0 radical (unpaired) electrons. The monoisotopic (exact) mass is 339 g/mol. The molecule has 21 heavy (non-hydrogen) atoms. The Morgan fingerprint density at radius 3 is 2.43 bits per heavy atom. The first-order valence-electron chi connectivity index (χ1n) is 6.70. The number of carbonyl (C=O) groups excluding carboxylic acids is 1. The van der Waals surface area contributed by atoms with Crippen molar-refractivity contribution in [2.24, 2.45) is 0 Å². The van der Waals surface area contributed by atoms with Crippen LogP contribution in [0.1, 0.15) is 22.8 Å². The zero-order chi connectivity index (χ0) is 14.8. The molecule has 0 aliphatic heterocycles. The number of halogens is 1. The highest BCUT2D eigenvalue weighted by Gasteiger charge is 2.10. The molecule has 1 aromatic heterocycles. The Hall–Kier alpha value is -2.13. The molecule has 0 aliphatic carbocycles. The molecule has 3 aromatic rings. The van der Waals surface area contributed by atoms with E-state index in [-0.39, 0.29) is 5.78 Å². The summed E-state index contributed by atoms with van der Waals surface area (Å²) in [6.07, 6.45) is 3.88. The van der Waals surface area contributed by atoms with Crippen LogP contribution < -0.4 is 0 Å². The van der Waals surface area contributed by atoms with Crippen LogP contribution in [-0.4, -0.2) is 10.4 Å². The molecular formula is C18H14BrNO. The Morgan fingerprint density at radius 1 is 1.05 bits per heavy atom. The van der Waals surface area contributed by atoms with Gasteiger partial charge in [-0.2, -0.15) is 0 Å². The smallest absolute Gasteiger partial charge is 0.161 e. The van der Waals surface area contributed by atoms with Crippen molar-refractivity contribution in [2.45, 2.75) is 6.92 Å². The van der Waals surface area contributed by atoms with Crippen molar-refractivity contribution in [2.75, 3.05) is 0 Å². The normalized spacial score (nSPS) is 11.8. The fourth-order valence-corrected chi connectivity index (χ4v) is 2.87. The predicted octanol–water partition coefficient (Wildman–Crippen LogP) is 5.19. The maximum Gasteiger partial charge on any atom is 0.161 e. The zero-order valence-electron chi connectivity index (χ0n) is 11.6. The fourth-order valence-electron chi connectivity index (χ4n) is 2.39. The fraction of sp³-hybridized carbons (Fsp3) is 0.0556. The molecule has 0 atom stereocenters. The zero-order valence-corrected chi connectivity index (χ0v) is 13.2. The Morgan fingerprint density at radius 2 is 1.71 bits per heavy atom. The van der Waals surface area contributed by atoms with Crippen LogP contribution in [0.5, 0.6) is 0 Å². The van der Waals surface area contributed by atoms with Crippen LogP contribution in [0, 0.1) is 0 Å². The molecule has 104 valence electrons. The van der Waals surface area contributed by atoms with Crippen molar-refractivity contribution in [3.63, 3.8) is 0 Å². The lowest BCUT2D eigenvalue weighted by Crippen LogP contribution is -1.89. The first kappa shape index (κ1) is 13.8. The molecule has 0 saturated heterocycles. The predicted molar refractivity (Wildman–Crippen MR) is 91.5 cm³/mol. The second-order valence-electron chi connectivity index (χ2n) is 4.87. The minimum absolute atomic E-state index is 0.0779. The number of hydrogen-bond acceptors (Lipinski definition) is 1. The number of nitrogens with zero attached hydrogens (tertiary/aromatic N) is 1. The van der Waals surface area contributed by atoms with Crippen molar-refractivity contribution in [1.29, 1.82) is 0 Å². The summed E-state index contributed by atoms with van der Waals surface area (Å²) in [5.74, 6) is 0.0779. The minimum atomic E-state index is 0.0779. The number of benzene rings is 2. The number of Topliss-reactive ketones (excluding diaryl/α,β-unsaturated/α-hetero) is 1. The van der Waals surface area contributed by atoms with Crippen LogP contribution in [0.3, 0.4) is 0 Å². The molecule has 0 aliphatic rings. The molecule has 1 heterocycles. The number of rotatable bonds is 3. The quantitative estimate of drug-likeness (QED) is 0.601. The molecular weight excluding hydrogens is 326 g/mol. The maximum atomic E-state index is 11.8. The minimum Gasteiger partial charge on any atom is -0.321 e. The van der Waals surface area contributed by atoms with E-state index in [9.17, 15) is 4.79 Å². The molecule has 0 saturated carbocycles. The summed E-state index contributed by atoms with van der Waals surface area (Å²) in [6.45, 7) is 1.60. The molecule has 0 bridgehead atoms. The van der Waals surface area contributed by atoms with E-state index in [1.165, 1.54) is 0 Å². The maximum absolute atomic E-state index is 11.8. The van der Waals surface area contributed by atoms with E-state index in [1.54, 1.807) is 6.92 Å². The summed E-state index contributed by atoms with van der Waals surface area (Å²) in [5.41, 5.74) is 2.87. The van der Waals surface area contributed by atoms with Gasteiger partial charge in [-0.1, -0.05) is 48.5 Å². The first-order valence-corrected chi connectivity index (χ1v) is 7.49. The summed E-state index contributed by atoms with van der Waals surface area (Å²) in [6, 6.07) is 18.0. The summed E-state index contributed by atoms with van der Waals surface area (Å²) < 4.78 is 2.96. The Balaban J connectivity index is 2.15. The number of aromatic nitrogens is 1. The number of carbonyl (C=O) groups is 1. The Kier molecular flexibility index (Phi) is 3.76. The van der Waals surface area contributed by atoms with Crippen LogP contribution in [-0.2, 0) is 0 Å². The van der Waals surface area contributed by atoms with Gasteiger partial charge < -0.3 is 4.57 Å². The molecule has 0 unspecified atom stereocenters. The molecule has 3 rings (SSSR count). The Labute approximate surface area is 131 Å². The topological polar surface area (TPSA) is 22.0 Å². The van der Waals surface area contributed by atoms with E-state index in [2.05, 4.69) is 15.9 Å². The number of para-hydroxylation sites is 1. The lowest BCUT2D eigenvalue weighted by atomic mass is 10.1. The SMILES string of the molecule is CC(=O)c1cn(/C=C(/Br)c2ccccc2)c2ccccc12.